The van der Waals surface area contributed by atoms with Crippen LogP contribution in [0, 0.1) is 40.4 Å². The van der Waals surface area contributed by atoms with Gasteiger partial charge in [-0.25, -0.2) is 0 Å². The first-order valence-electron chi connectivity index (χ1n) is 13.2. The summed E-state index contributed by atoms with van der Waals surface area (Å²) in [4.78, 5) is 24.1. The van der Waals surface area contributed by atoms with Crippen molar-refractivity contribution < 1.29 is 14.3 Å². The summed E-state index contributed by atoms with van der Waals surface area (Å²) in [5.41, 5.74) is 4.37. The lowest BCUT2D eigenvalue weighted by atomic mass is 9.48. The van der Waals surface area contributed by atoms with E-state index < -0.39 is 0 Å². The van der Waals surface area contributed by atoms with E-state index in [9.17, 15) is 9.59 Å². The highest BCUT2D eigenvalue weighted by Crippen LogP contribution is 2.66. The number of allylic oxidation sites excluding steroid dienone is 5. The Labute approximate surface area is 201 Å². The minimum absolute atomic E-state index is 0.0472. The first kappa shape index (κ1) is 24.5. The van der Waals surface area contributed by atoms with Gasteiger partial charge in [-0.1, -0.05) is 44.1 Å². The topological polar surface area (TPSA) is 43.4 Å². The number of esters is 1. The second-order valence-electron chi connectivity index (χ2n) is 12.4. The summed E-state index contributed by atoms with van der Waals surface area (Å²) in [6.07, 6.45) is 14.1. The lowest BCUT2D eigenvalue weighted by Gasteiger charge is -2.56. The predicted octanol–water partition coefficient (Wildman–Crippen LogP) is 7.22. The Hall–Kier alpha value is -1.64. The van der Waals surface area contributed by atoms with Crippen LogP contribution in [0.1, 0.15) is 93.4 Å². The van der Waals surface area contributed by atoms with E-state index in [4.69, 9.17) is 4.74 Å². The van der Waals surface area contributed by atoms with Gasteiger partial charge in [-0.05, 0) is 105 Å². The monoisotopic (exact) mass is 452 g/mol. The van der Waals surface area contributed by atoms with Crippen molar-refractivity contribution in [2.24, 2.45) is 40.4 Å². The maximum absolute atomic E-state index is 12.1. The van der Waals surface area contributed by atoms with E-state index in [0.717, 1.165) is 12.8 Å². The molecule has 0 aromatic heterocycles. The van der Waals surface area contributed by atoms with Crippen LogP contribution in [0.25, 0.3) is 0 Å². The number of carbonyl (C=O) groups is 2. The van der Waals surface area contributed by atoms with E-state index in [-0.39, 0.29) is 22.9 Å². The zero-order chi connectivity index (χ0) is 24.1. The number of ketones is 1. The summed E-state index contributed by atoms with van der Waals surface area (Å²) in [5, 5.41) is 0. The van der Waals surface area contributed by atoms with Gasteiger partial charge in [0, 0.05) is 19.8 Å². The van der Waals surface area contributed by atoms with Gasteiger partial charge in [0.25, 0.3) is 0 Å². The van der Waals surface area contributed by atoms with Gasteiger partial charge in [-0.3, -0.25) is 9.59 Å². The van der Waals surface area contributed by atoms with Crippen LogP contribution in [-0.4, -0.2) is 17.9 Å². The van der Waals surface area contributed by atoms with E-state index >= 15 is 0 Å². The van der Waals surface area contributed by atoms with Crippen molar-refractivity contribution in [1.29, 1.82) is 0 Å². The summed E-state index contributed by atoms with van der Waals surface area (Å²) in [6.45, 7) is 15.3. The van der Waals surface area contributed by atoms with Gasteiger partial charge in [-0.2, -0.15) is 0 Å². The van der Waals surface area contributed by atoms with E-state index in [1.807, 2.05) is 6.08 Å². The SMILES string of the molecule is CC(=O)O[C@H](CC(C)=C(C)C)[C@@H](C)[C@H]1CC[C@H]2[C@@H]3C=CC4=CC(=O)CC[C@]4(C)[C@H]3CC[C@]12C. The second-order valence-corrected chi connectivity index (χ2v) is 12.4. The third kappa shape index (κ3) is 4.19. The molecule has 0 saturated heterocycles. The quantitative estimate of drug-likeness (QED) is 0.326. The van der Waals surface area contributed by atoms with E-state index in [2.05, 4.69) is 53.7 Å². The van der Waals surface area contributed by atoms with Crippen molar-refractivity contribution >= 4 is 11.8 Å². The number of rotatable bonds is 5. The number of hydrogen-bond acceptors (Lipinski definition) is 3. The highest BCUT2D eigenvalue weighted by molar-refractivity contribution is 5.92. The molecule has 0 aromatic rings. The van der Waals surface area contributed by atoms with Crippen LogP contribution >= 0.6 is 0 Å². The molecule has 0 amide bonds. The first-order chi connectivity index (χ1) is 15.5. The molecule has 0 unspecified atom stereocenters. The van der Waals surface area contributed by atoms with Crippen molar-refractivity contribution in [3.63, 3.8) is 0 Å². The molecule has 33 heavy (non-hydrogen) atoms. The molecule has 0 aliphatic heterocycles. The average Bonchev–Trinajstić information content (AvgIpc) is 3.10. The molecule has 2 fully saturated rings. The molecule has 0 aromatic carbocycles. The van der Waals surface area contributed by atoms with Gasteiger partial charge in [-0.15, -0.1) is 0 Å². The highest BCUT2D eigenvalue weighted by atomic mass is 16.5. The van der Waals surface area contributed by atoms with Crippen LogP contribution < -0.4 is 0 Å². The molecule has 0 spiro atoms. The van der Waals surface area contributed by atoms with E-state index in [1.165, 1.54) is 42.4 Å². The Balaban J connectivity index is 1.60. The Morgan fingerprint density at radius 1 is 1.09 bits per heavy atom. The lowest BCUT2D eigenvalue weighted by Crippen LogP contribution is -2.50. The smallest absolute Gasteiger partial charge is 0.302 e. The van der Waals surface area contributed by atoms with Gasteiger partial charge < -0.3 is 4.74 Å². The van der Waals surface area contributed by atoms with Crippen LogP contribution in [0.2, 0.25) is 0 Å². The summed E-state index contributed by atoms with van der Waals surface area (Å²) >= 11 is 0. The fraction of sp³-hybridized carbons (Fsp3) is 0.733. The molecule has 0 radical (unpaired) electrons. The second kappa shape index (κ2) is 8.86. The van der Waals surface area contributed by atoms with Gasteiger partial charge in [0.15, 0.2) is 5.78 Å². The van der Waals surface area contributed by atoms with Gasteiger partial charge >= 0.3 is 5.97 Å². The number of fused-ring (bicyclic) bond motifs is 5. The van der Waals surface area contributed by atoms with Crippen molar-refractivity contribution in [3.8, 4) is 0 Å². The molecule has 4 rings (SSSR count). The number of carbonyl (C=O) groups excluding carboxylic acids is 2. The molecule has 2 saturated carbocycles. The number of ether oxygens (including phenoxy) is 1. The van der Waals surface area contributed by atoms with Crippen molar-refractivity contribution in [2.75, 3.05) is 0 Å². The third-order valence-corrected chi connectivity index (χ3v) is 10.5. The maximum Gasteiger partial charge on any atom is 0.302 e. The zero-order valence-electron chi connectivity index (χ0n) is 21.9. The fourth-order valence-corrected chi connectivity index (χ4v) is 8.21. The molecule has 3 heteroatoms. The van der Waals surface area contributed by atoms with Crippen molar-refractivity contribution in [1.82, 2.24) is 0 Å². The van der Waals surface area contributed by atoms with Gasteiger partial charge in [0.1, 0.15) is 6.10 Å². The lowest BCUT2D eigenvalue weighted by molar-refractivity contribution is -0.151. The van der Waals surface area contributed by atoms with Crippen LogP contribution in [0.5, 0.6) is 0 Å². The Kier molecular flexibility index (Phi) is 6.57. The molecular formula is C30H44O3. The standard InChI is InChI=1S/C30H44O3/c1-18(2)19(3)16-28(33-21(5)31)20(4)25-10-11-26-24-9-8-22-17-23(32)12-14-29(22,6)27(24)13-15-30(25,26)7/h8-9,17,20,24-28H,10-16H2,1-7H3/t20-,24-,25+,26-,27-,28+,29-,30+/m0/s1. The van der Waals surface area contributed by atoms with Crippen molar-refractivity contribution in [2.45, 2.75) is 99.5 Å². The average molecular weight is 453 g/mol. The Bertz CT molecular complexity index is 904. The Morgan fingerprint density at radius 2 is 1.82 bits per heavy atom. The number of hydrogen-bond donors (Lipinski definition) is 0. The summed E-state index contributed by atoms with van der Waals surface area (Å²) in [6, 6.07) is 0. The predicted molar refractivity (Wildman–Crippen MR) is 133 cm³/mol. The minimum Gasteiger partial charge on any atom is -0.462 e. The molecule has 0 heterocycles. The van der Waals surface area contributed by atoms with Gasteiger partial charge in [0.05, 0.1) is 0 Å². The fourth-order valence-electron chi connectivity index (χ4n) is 8.21. The van der Waals surface area contributed by atoms with Crippen LogP contribution in [0.4, 0.5) is 0 Å². The van der Waals surface area contributed by atoms with E-state index in [1.54, 1.807) is 6.92 Å². The molecule has 0 bridgehead atoms. The van der Waals surface area contributed by atoms with Crippen LogP contribution in [0.3, 0.4) is 0 Å². The Morgan fingerprint density at radius 3 is 2.48 bits per heavy atom. The minimum atomic E-state index is -0.161. The molecule has 8 atom stereocenters. The first-order valence-corrected chi connectivity index (χ1v) is 13.2. The largest absolute Gasteiger partial charge is 0.462 e. The maximum atomic E-state index is 12.1. The molecule has 0 N–H and O–H groups in total. The summed E-state index contributed by atoms with van der Waals surface area (Å²) in [5.74, 6) is 2.98. The van der Waals surface area contributed by atoms with E-state index in [0.29, 0.717) is 41.8 Å². The molecular weight excluding hydrogens is 408 g/mol. The summed E-state index contributed by atoms with van der Waals surface area (Å²) in [7, 11) is 0. The molecule has 3 nitrogen and oxygen atoms in total. The molecule has 4 aliphatic carbocycles. The van der Waals surface area contributed by atoms with Crippen LogP contribution in [-0.2, 0) is 14.3 Å². The molecule has 182 valence electrons. The third-order valence-electron chi connectivity index (χ3n) is 10.5. The van der Waals surface area contributed by atoms with Crippen molar-refractivity contribution in [3.05, 3.63) is 34.9 Å². The van der Waals surface area contributed by atoms with Gasteiger partial charge in [0.2, 0.25) is 0 Å². The molecule has 4 aliphatic rings. The summed E-state index contributed by atoms with van der Waals surface area (Å²) < 4.78 is 5.95. The van der Waals surface area contributed by atoms with Crippen LogP contribution in [0.15, 0.2) is 34.9 Å². The normalized spacial score (nSPS) is 39.0. The highest BCUT2D eigenvalue weighted by Gasteiger charge is 2.59. The zero-order valence-corrected chi connectivity index (χ0v) is 21.9.